The molecule has 11 aromatic carbocycles. The van der Waals surface area contributed by atoms with Crippen molar-refractivity contribution < 1.29 is 4.42 Å². The van der Waals surface area contributed by atoms with E-state index in [4.69, 9.17) is 4.42 Å². The number of aromatic nitrogens is 1. The van der Waals surface area contributed by atoms with Crippen LogP contribution in [0.5, 0.6) is 0 Å². The first-order valence-corrected chi connectivity index (χ1v) is 23.0. The molecule has 0 amide bonds. The molecule has 0 aliphatic rings. The summed E-state index contributed by atoms with van der Waals surface area (Å²) in [5.74, 6) is 0. The van der Waals surface area contributed by atoms with Gasteiger partial charge in [-0.3, -0.25) is 0 Å². The molecule has 14 rings (SSSR count). The van der Waals surface area contributed by atoms with Crippen LogP contribution in [0, 0.1) is 0 Å². The fraction of sp³-hybridized carbons (Fsp3) is 0. The summed E-state index contributed by atoms with van der Waals surface area (Å²) in [5, 5.41) is 12.3. The van der Waals surface area contributed by atoms with Gasteiger partial charge in [0, 0.05) is 47.4 Å². The van der Waals surface area contributed by atoms with Crippen molar-refractivity contribution in [1.29, 1.82) is 0 Å². The van der Waals surface area contributed by atoms with E-state index >= 15 is 0 Å². The Hall–Kier alpha value is -8.24. The van der Waals surface area contributed by atoms with Gasteiger partial charge in [-0.15, -0.1) is 11.3 Å². The molecular weight excluding hydrogens is 807 g/mol. The van der Waals surface area contributed by atoms with Gasteiger partial charge in [0.15, 0.2) is 0 Å². The minimum Gasteiger partial charge on any atom is -0.456 e. The van der Waals surface area contributed by atoms with E-state index in [1.54, 1.807) is 0 Å². The quantitative estimate of drug-likeness (QED) is 0.158. The summed E-state index contributed by atoms with van der Waals surface area (Å²) in [4.78, 5) is 0. The van der Waals surface area contributed by atoms with Crippen molar-refractivity contribution in [3.8, 4) is 50.2 Å². The fourth-order valence-corrected chi connectivity index (χ4v) is 11.7. The van der Waals surface area contributed by atoms with Crippen molar-refractivity contribution in [2.24, 2.45) is 0 Å². The average molecular weight is 844 g/mol. The molecule has 0 N–H and O–H groups in total. The monoisotopic (exact) mass is 843 g/mol. The van der Waals surface area contributed by atoms with E-state index in [1.165, 1.54) is 102 Å². The van der Waals surface area contributed by atoms with Crippen LogP contribution in [-0.2, 0) is 0 Å². The highest BCUT2D eigenvalue weighted by Crippen LogP contribution is 2.45. The molecule has 0 saturated heterocycles. The molecule has 0 unspecified atom stereocenters. The van der Waals surface area contributed by atoms with Gasteiger partial charge in [0.05, 0.1) is 11.0 Å². The Balaban J connectivity index is 0.993. The van der Waals surface area contributed by atoms with E-state index < -0.39 is 0 Å². The van der Waals surface area contributed by atoms with Crippen LogP contribution in [0.2, 0.25) is 0 Å². The highest BCUT2D eigenvalue weighted by Gasteiger charge is 2.20. The third kappa shape index (κ3) is 5.59. The highest BCUT2D eigenvalue weighted by molar-refractivity contribution is 7.25. The molecule has 65 heavy (non-hydrogen) atoms. The average Bonchev–Trinajstić information content (AvgIpc) is 4.04. The molecule has 302 valence electrons. The van der Waals surface area contributed by atoms with Gasteiger partial charge in [-0.05, 0) is 139 Å². The Morgan fingerprint density at radius 1 is 0.277 bits per heavy atom. The molecule has 2 nitrogen and oxygen atoms in total. The number of para-hydroxylation sites is 1. The molecule has 0 aliphatic carbocycles. The van der Waals surface area contributed by atoms with Crippen molar-refractivity contribution >= 4 is 96.8 Å². The van der Waals surface area contributed by atoms with Crippen molar-refractivity contribution in [2.75, 3.05) is 0 Å². The van der Waals surface area contributed by atoms with Crippen LogP contribution in [0.3, 0.4) is 0 Å². The Morgan fingerprint density at radius 2 is 0.754 bits per heavy atom. The molecule has 0 saturated carbocycles. The molecule has 0 spiro atoms. The summed E-state index contributed by atoms with van der Waals surface area (Å²) in [5.41, 5.74) is 15.0. The summed E-state index contributed by atoms with van der Waals surface area (Å²) in [6.45, 7) is 0. The number of fused-ring (bicyclic) bond motifs is 11. The van der Waals surface area contributed by atoms with Gasteiger partial charge in [-0.25, -0.2) is 0 Å². The molecular formula is C62H37NOS. The molecule has 3 aromatic heterocycles. The largest absolute Gasteiger partial charge is 0.456 e. The summed E-state index contributed by atoms with van der Waals surface area (Å²) >= 11 is 1.86. The predicted octanol–water partition coefficient (Wildman–Crippen LogP) is 18.0. The maximum Gasteiger partial charge on any atom is 0.135 e. The van der Waals surface area contributed by atoms with Gasteiger partial charge in [-0.2, -0.15) is 0 Å². The third-order valence-electron chi connectivity index (χ3n) is 13.6. The molecule has 0 bridgehead atoms. The molecule has 0 atom stereocenters. The first kappa shape index (κ1) is 36.3. The lowest BCUT2D eigenvalue weighted by Crippen LogP contribution is -1.95. The molecule has 0 aliphatic heterocycles. The second-order valence-corrected chi connectivity index (χ2v) is 18.3. The first-order valence-electron chi connectivity index (χ1n) is 22.2. The van der Waals surface area contributed by atoms with Gasteiger partial charge >= 0.3 is 0 Å². The second-order valence-electron chi connectivity index (χ2n) is 17.2. The minimum atomic E-state index is 0.905. The molecule has 0 radical (unpaired) electrons. The Kier molecular flexibility index (Phi) is 7.89. The van der Waals surface area contributed by atoms with Crippen LogP contribution in [0.15, 0.2) is 229 Å². The lowest BCUT2D eigenvalue weighted by Gasteiger charge is -2.18. The maximum absolute atomic E-state index is 6.24. The summed E-state index contributed by atoms with van der Waals surface area (Å²) in [7, 11) is 0. The smallest absolute Gasteiger partial charge is 0.135 e. The number of thiophene rings is 1. The normalized spacial score (nSPS) is 12.0. The number of hydrogen-bond acceptors (Lipinski definition) is 2. The van der Waals surface area contributed by atoms with E-state index in [2.05, 4.69) is 217 Å². The van der Waals surface area contributed by atoms with Gasteiger partial charge in [0.2, 0.25) is 0 Å². The van der Waals surface area contributed by atoms with Crippen molar-refractivity contribution in [1.82, 2.24) is 4.57 Å². The zero-order valence-corrected chi connectivity index (χ0v) is 35.9. The van der Waals surface area contributed by atoms with Gasteiger partial charge in [0.1, 0.15) is 11.2 Å². The van der Waals surface area contributed by atoms with E-state index in [-0.39, 0.29) is 0 Å². The van der Waals surface area contributed by atoms with E-state index in [0.717, 1.165) is 33.2 Å². The predicted molar refractivity (Wildman–Crippen MR) is 278 cm³/mol. The number of rotatable bonds is 5. The number of furan rings is 1. The van der Waals surface area contributed by atoms with Gasteiger partial charge in [-0.1, -0.05) is 152 Å². The number of nitrogens with zero attached hydrogens (tertiary/aromatic N) is 1. The summed E-state index contributed by atoms with van der Waals surface area (Å²) in [6, 6.07) is 82.5. The number of hydrogen-bond donors (Lipinski definition) is 0. The fourth-order valence-electron chi connectivity index (χ4n) is 10.6. The Morgan fingerprint density at radius 3 is 1.43 bits per heavy atom. The van der Waals surface area contributed by atoms with E-state index in [1.807, 2.05) is 23.5 Å². The highest BCUT2D eigenvalue weighted by atomic mass is 32.1. The molecule has 3 heteroatoms. The van der Waals surface area contributed by atoms with Crippen LogP contribution in [0.25, 0.3) is 136 Å². The van der Waals surface area contributed by atoms with Crippen LogP contribution < -0.4 is 0 Å². The minimum absolute atomic E-state index is 0.905. The number of benzene rings is 11. The lowest BCUT2D eigenvalue weighted by molar-refractivity contribution is 0.669. The Labute approximate surface area is 378 Å². The third-order valence-corrected chi connectivity index (χ3v) is 14.7. The summed E-state index contributed by atoms with van der Waals surface area (Å²) < 4.78 is 11.3. The summed E-state index contributed by atoms with van der Waals surface area (Å²) in [6.07, 6.45) is 0. The van der Waals surface area contributed by atoms with Crippen LogP contribution >= 0.6 is 11.3 Å². The van der Waals surface area contributed by atoms with Gasteiger partial charge < -0.3 is 8.98 Å². The second kappa shape index (κ2) is 14.1. The van der Waals surface area contributed by atoms with Gasteiger partial charge in [0.25, 0.3) is 0 Å². The van der Waals surface area contributed by atoms with E-state index in [9.17, 15) is 0 Å². The van der Waals surface area contributed by atoms with Crippen LogP contribution in [-0.4, -0.2) is 4.57 Å². The topological polar surface area (TPSA) is 18.1 Å². The zero-order valence-electron chi connectivity index (χ0n) is 35.1. The maximum atomic E-state index is 6.24. The van der Waals surface area contributed by atoms with Crippen molar-refractivity contribution in [3.05, 3.63) is 224 Å². The Bertz CT molecular complexity index is 4010. The van der Waals surface area contributed by atoms with E-state index in [0.29, 0.717) is 0 Å². The standard InChI is InChI=1S/C62H37NOS/c1-2-13-38(14-3-1)61-47-19-4-6-21-49(47)62(50-22-7-5-20-48(50)61)43-15-12-16-44(33-43)63-55-29-25-39(41-27-31-58-53(36-41)45-17-8-10-23-57(45)64-58)34-51(55)52-35-40(26-30-56(52)63)42-28-32-60-54(37-42)46-18-9-11-24-59(46)65-60/h1-37H. The van der Waals surface area contributed by atoms with Crippen molar-refractivity contribution in [2.45, 2.75) is 0 Å². The first-order chi connectivity index (χ1) is 32.2. The molecule has 3 heterocycles. The van der Waals surface area contributed by atoms with Crippen LogP contribution in [0.4, 0.5) is 0 Å². The van der Waals surface area contributed by atoms with Crippen LogP contribution in [0.1, 0.15) is 0 Å². The van der Waals surface area contributed by atoms with Crippen molar-refractivity contribution in [3.63, 3.8) is 0 Å². The lowest BCUT2D eigenvalue weighted by atomic mass is 9.86. The molecule has 14 aromatic rings. The molecule has 0 fully saturated rings. The SMILES string of the molecule is c1ccc(-c2c3ccccc3c(-c3cccc(-n4c5ccc(-c6ccc7oc8ccccc8c7c6)cc5c5cc(-c6ccc7sc8ccccc8c7c6)ccc54)c3)c3ccccc23)cc1. The zero-order chi connectivity index (χ0) is 42.6.